The average Bonchev–Trinajstić information content (AvgIpc) is 2.15. The molecule has 2 unspecified atom stereocenters. The van der Waals surface area contributed by atoms with Gasteiger partial charge in [0.05, 0.1) is 6.54 Å². The highest BCUT2D eigenvalue weighted by Crippen LogP contribution is 2.33. The first-order chi connectivity index (χ1) is 6.72. The van der Waals surface area contributed by atoms with Gasteiger partial charge in [-0.1, -0.05) is 0 Å². The van der Waals surface area contributed by atoms with Gasteiger partial charge in [0.25, 0.3) is 0 Å². The number of fused-ring (bicyclic) bond motifs is 2. The molecule has 0 aromatic rings. The molecule has 0 radical (unpaired) electrons. The minimum Gasteiger partial charge on any atom is -0.336 e. The van der Waals surface area contributed by atoms with Crippen molar-refractivity contribution in [3.63, 3.8) is 0 Å². The minimum absolute atomic E-state index is 0.103. The summed E-state index contributed by atoms with van der Waals surface area (Å²) in [6.07, 6.45) is 5.37. The van der Waals surface area contributed by atoms with Crippen LogP contribution in [0.5, 0.6) is 0 Å². The number of rotatable bonds is 1. The van der Waals surface area contributed by atoms with Crippen molar-refractivity contribution in [3.8, 4) is 0 Å². The molecule has 80 valence electrons. The Hall–Kier alpha value is -0.610. The second-order valence-corrected chi connectivity index (χ2v) is 4.48. The van der Waals surface area contributed by atoms with Crippen molar-refractivity contribution in [1.82, 2.24) is 4.90 Å². The lowest BCUT2D eigenvalue weighted by Gasteiger charge is -2.48. The van der Waals surface area contributed by atoms with Crippen LogP contribution in [-0.2, 0) is 4.79 Å². The molecule has 2 heterocycles. The van der Waals surface area contributed by atoms with E-state index < -0.39 is 0 Å². The van der Waals surface area contributed by atoms with Gasteiger partial charge in [0.15, 0.2) is 0 Å². The first-order valence-corrected chi connectivity index (χ1v) is 5.49. The number of hydrogen-bond acceptors (Lipinski definition) is 3. The van der Waals surface area contributed by atoms with Crippen molar-refractivity contribution in [2.75, 3.05) is 6.54 Å². The molecule has 2 saturated heterocycles. The Morgan fingerprint density at radius 2 is 1.86 bits per heavy atom. The summed E-state index contributed by atoms with van der Waals surface area (Å²) in [5.41, 5.74) is 11.4. The molecule has 0 saturated carbocycles. The monoisotopic (exact) mass is 197 g/mol. The maximum Gasteiger partial charge on any atom is 0.236 e. The second-order valence-electron chi connectivity index (χ2n) is 4.48. The van der Waals surface area contributed by atoms with E-state index in [-0.39, 0.29) is 18.5 Å². The number of carbonyl (C=O) groups is 1. The van der Waals surface area contributed by atoms with Gasteiger partial charge in [0.2, 0.25) is 5.91 Å². The summed E-state index contributed by atoms with van der Waals surface area (Å²) >= 11 is 0. The summed E-state index contributed by atoms with van der Waals surface area (Å²) in [6.45, 7) is 0.141. The molecule has 14 heavy (non-hydrogen) atoms. The van der Waals surface area contributed by atoms with Gasteiger partial charge in [0, 0.05) is 18.1 Å². The molecule has 2 atom stereocenters. The van der Waals surface area contributed by atoms with Gasteiger partial charge in [-0.3, -0.25) is 4.79 Å². The van der Waals surface area contributed by atoms with Crippen LogP contribution in [0.4, 0.5) is 0 Å². The fourth-order valence-corrected chi connectivity index (χ4v) is 2.94. The molecule has 4 nitrogen and oxygen atoms in total. The number of nitrogens with zero attached hydrogens (tertiary/aromatic N) is 1. The zero-order chi connectivity index (χ0) is 10.1. The van der Waals surface area contributed by atoms with E-state index in [4.69, 9.17) is 11.5 Å². The van der Waals surface area contributed by atoms with E-state index in [2.05, 4.69) is 0 Å². The smallest absolute Gasteiger partial charge is 0.236 e. The molecule has 0 spiro atoms. The van der Waals surface area contributed by atoms with Crippen LogP contribution in [0.15, 0.2) is 0 Å². The normalized spacial score (nSPS) is 37.0. The second kappa shape index (κ2) is 3.87. The molecular weight excluding hydrogens is 178 g/mol. The summed E-state index contributed by atoms with van der Waals surface area (Å²) in [7, 11) is 0. The molecule has 2 aliphatic rings. The standard InChI is InChI=1S/C10H19N3O/c11-6-10(14)13-8-2-1-3-9(13)5-7(12)4-8/h7-9H,1-6,11-12H2. The summed E-state index contributed by atoms with van der Waals surface area (Å²) in [5.74, 6) is 0.103. The van der Waals surface area contributed by atoms with Gasteiger partial charge in [-0.15, -0.1) is 0 Å². The topological polar surface area (TPSA) is 72.4 Å². The summed E-state index contributed by atoms with van der Waals surface area (Å²) in [5, 5.41) is 0. The van der Waals surface area contributed by atoms with Crippen molar-refractivity contribution in [2.45, 2.75) is 50.2 Å². The zero-order valence-corrected chi connectivity index (χ0v) is 8.48. The Balaban J connectivity index is 2.12. The molecule has 1 amide bonds. The number of amides is 1. The molecular formula is C10H19N3O. The van der Waals surface area contributed by atoms with E-state index in [0.29, 0.717) is 12.1 Å². The van der Waals surface area contributed by atoms with Crippen LogP contribution in [0.3, 0.4) is 0 Å². The number of hydrogen-bond donors (Lipinski definition) is 2. The van der Waals surface area contributed by atoms with Gasteiger partial charge in [-0.25, -0.2) is 0 Å². The largest absolute Gasteiger partial charge is 0.336 e. The third-order valence-corrected chi connectivity index (χ3v) is 3.47. The van der Waals surface area contributed by atoms with E-state index >= 15 is 0 Å². The molecule has 0 aromatic carbocycles. The van der Waals surface area contributed by atoms with Gasteiger partial charge in [0.1, 0.15) is 0 Å². The van der Waals surface area contributed by atoms with Crippen LogP contribution in [-0.4, -0.2) is 35.5 Å². The van der Waals surface area contributed by atoms with Crippen LogP contribution in [0.2, 0.25) is 0 Å². The van der Waals surface area contributed by atoms with Crippen molar-refractivity contribution in [3.05, 3.63) is 0 Å². The number of carbonyl (C=O) groups excluding carboxylic acids is 1. The van der Waals surface area contributed by atoms with E-state index in [9.17, 15) is 4.79 Å². The van der Waals surface area contributed by atoms with Crippen LogP contribution >= 0.6 is 0 Å². The Morgan fingerprint density at radius 1 is 1.29 bits per heavy atom. The Labute approximate surface area is 84.6 Å². The fraction of sp³-hybridized carbons (Fsp3) is 0.900. The van der Waals surface area contributed by atoms with E-state index in [1.807, 2.05) is 4.90 Å². The van der Waals surface area contributed by atoms with Crippen LogP contribution in [0.1, 0.15) is 32.1 Å². The van der Waals surface area contributed by atoms with Crippen molar-refractivity contribution < 1.29 is 4.79 Å². The Bertz CT molecular complexity index is 217. The maximum absolute atomic E-state index is 11.6. The highest BCUT2D eigenvalue weighted by molar-refractivity contribution is 5.79. The summed E-state index contributed by atoms with van der Waals surface area (Å²) in [4.78, 5) is 13.7. The van der Waals surface area contributed by atoms with Gasteiger partial charge in [-0.05, 0) is 32.1 Å². The van der Waals surface area contributed by atoms with Crippen molar-refractivity contribution in [2.24, 2.45) is 11.5 Å². The van der Waals surface area contributed by atoms with Crippen molar-refractivity contribution in [1.29, 1.82) is 0 Å². The third-order valence-electron chi connectivity index (χ3n) is 3.47. The molecule has 2 bridgehead atoms. The molecule has 4 heteroatoms. The molecule has 2 rings (SSSR count). The van der Waals surface area contributed by atoms with Crippen LogP contribution in [0, 0.1) is 0 Å². The Morgan fingerprint density at radius 3 is 2.36 bits per heavy atom. The predicted octanol–water partition coefficient (Wildman–Crippen LogP) is -0.184. The number of nitrogens with two attached hydrogens (primary N) is 2. The quantitative estimate of drug-likeness (QED) is 0.612. The highest BCUT2D eigenvalue weighted by atomic mass is 16.2. The first-order valence-electron chi connectivity index (χ1n) is 5.49. The molecule has 4 N–H and O–H groups in total. The molecule has 2 aliphatic heterocycles. The molecule has 2 fully saturated rings. The lowest BCUT2D eigenvalue weighted by atomic mass is 9.82. The van der Waals surface area contributed by atoms with Crippen molar-refractivity contribution >= 4 is 5.91 Å². The van der Waals surface area contributed by atoms with Crippen LogP contribution < -0.4 is 11.5 Å². The lowest BCUT2D eigenvalue weighted by Crippen LogP contribution is -2.58. The summed E-state index contributed by atoms with van der Waals surface area (Å²) < 4.78 is 0. The molecule has 0 aromatic heterocycles. The van der Waals surface area contributed by atoms with Gasteiger partial charge < -0.3 is 16.4 Å². The third kappa shape index (κ3) is 1.64. The zero-order valence-electron chi connectivity index (χ0n) is 8.48. The van der Waals surface area contributed by atoms with Gasteiger partial charge in [-0.2, -0.15) is 0 Å². The first kappa shape index (κ1) is 9.93. The predicted molar refractivity (Wildman–Crippen MR) is 54.5 cm³/mol. The number of piperidine rings is 2. The van der Waals surface area contributed by atoms with Gasteiger partial charge >= 0.3 is 0 Å². The van der Waals surface area contributed by atoms with E-state index in [1.165, 1.54) is 6.42 Å². The Kier molecular flexibility index (Phi) is 2.74. The minimum atomic E-state index is 0.103. The average molecular weight is 197 g/mol. The SMILES string of the molecule is NCC(=O)N1C2CCCC1CC(N)C2. The molecule has 0 aliphatic carbocycles. The maximum atomic E-state index is 11.6. The van der Waals surface area contributed by atoms with Crippen LogP contribution in [0.25, 0.3) is 0 Å². The van der Waals surface area contributed by atoms with E-state index in [1.54, 1.807) is 0 Å². The summed E-state index contributed by atoms with van der Waals surface area (Å²) in [6, 6.07) is 1.02. The lowest BCUT2D eigenvalue weighted by molar-refractivity contribution is -0.139. The highest BCUT2D eigenvalue weighted by Gasteiger charge is 2.38. The van der Waals surface area contributed by atoms with E-state index in [0.717, 1.165) is 25.7 Å². The fourth-order valence-electron chi connectivity index (χ4n) is 2.94.